The fourth-order valence-corrected chi connectivity index (χ4v) is 4.38. The predicted molar refractivity (Wildman–Crippen MR) is 106 cm³/mol. The van der Waals surface area contributed by atoms with Gasteiger partial charge in [-0.25, -0.2) is 4.68 Å². The van der Waals surface area contributed by atoms with E-state index >= 15 is 0 Å². The number of benzene rings is 1. The van der Waals surface area contributed by atoms with Crippen molar-refractivity contribution in [1.82, 2.24) is 14.7 Å². The van der Waals surface area contributed by atoms with E-state index in [2.05, 4.69) is 22.2 Å². The number of nitrogens with one attached hydrogen (secondary N) is 1. The van der Waals surface area contributed by atoms with Crippen LogP contribution in [0.25, 0.3) is 0 Å². The van der Waals surface area contributed by atoms with Gasteiger partial charge in [0.15, 0.2) is 3.95 Å². The van der Waals surface area contributed by atoms with Crippen LogP contribution in [-0.4, -0.2) is 34.4 Å². The first-order valence-corrected chi connectivity index (χ1v) is 10.1. The monoisotopic (exact) mass is 378 g/mol. The van der Waals surface area contributed by atoms with Crippen molar-refractivity contribution in [3.63, 3.8) is 0 Å². The van der Waals surface area contributed by atoms with Crippen LogP contribution in [0.1, 0.15) is 39.0 Å². The second-order valence-electron chi connectivity index (χ2n) is 6.37. The van der Waals surface area contributed by atoms with Gasteiger partial charge < -0.3 is 10.1 Å². The van der Waals surface area contributed by atoms with E-state index in [0.29, 0.717) is 6.04 Å². The van der Waals surface area contributed by atoms with Gasteiger partial charge in [0.25, 0.3) is 0 Å². The third-order valence-corrected chi connectivity index (χ3v) is 5.96. The molecule has 0 atom stereocenters. The molecule has 7 heteroatoms. The van der Waals surface area contributed by atoms with Gasteiger partial charge in [0.1, 0.15) is 5.75 Å². The second kappa shape index (κ2) is 8.78. The van der Waals surface area contributed by atoms with Gasteiger partial charge >= 0.3 is 0 Å². The van der Waals surface area contributed by atoms with E-state index in [1.165, 1.54) is 43.4 Å². The molecule has 0 radical (unpaired) electrons. The third kappa shape index (κ3) is 4.80. The SMILES string of the molecule is CCN(Cn1nc(Nc2cccc(OC)c2)sc1=S)C1CCCCC1. The molecule has 0 aliphatic heterocycles. The molecule has 1 fully saturated rings. The van der Waals surface area contributed by atoms with E-state index in [1.54, 1.807) is 7.11 Å². The van der Waals surface area contributed by atoms with Crippen LogP contribution in [0.4, 0.5) is 10.8 Å². The number of aromatic nitrogens is 2. The molecule has 5 nitrogen and oxygen atoms in total. The molecule has 1 aliphatic carbocycles. The highest BCUT2D eigenvalue weighted by Gasteiger charge is 2.20. The Morgan fingerprint density at radius 3 is 2.88 bits per heavy atom. The summed E-state index contributed by atoms with van der Waals surface area (Å²) in [6.07, 6.45) is 6.64. The maximum absolute atomic E-state index is 5.53. The molecule has 0 amide bonds. The number of rotatable bonds is 7. The Hall–Kier alpha value is -1.44. The minimum absolute atomic E-state index is 0.664. The number of hydrogen-bond donors (Lipinski definition) is 1. The number of ether oxygens (including phenoxy) is 1. The molecular formula is C18H26N4OS2. The van der Waals surface area contributed by atoms with Crippen LogP contribution in [0.2, 0.25) is 0 Å². The quantitative estimate of drug-likeness (QED) is 0.684. The predicted octanol–water partition coefficient (Wildman–Crippen LogP) is 5.04. The summed E-state index contributed by atoms with van der Waals surface area (Å²) in [6.45, 7) is 4.03. The Kier molecular flexibility index (Phi) is 6.45. The van der Waals surface area contributed by atoms with E-state index in [9.17, 15) is 0 Å². The number of hydrogen-bond acceptors (Lipinski definition) is 6. The van der Waals surface area contributed by atoms with Crippen molar-refractivity contribution in [2.45, 2.75) is 51.7 Å². The summed E-state index contributed by atoms with van der Waals surface area (Å²) in [6, 6.07) is 8.50. The zero-order chi connectivity index (χ0) is 17.6. The zero-order valence-corrected chi connectivity index (χ0v) is 16.5. The van der Waals surface area contributed by atoms with Crippen molar-refractivity contribution in [2.75, 3.05) is 19.0 Å². The van der Waals surface area contributed by atoms with E-state index < -0.39 is 0 Å². The highest BCUT2D eigenvalue weighted by atomic mass is 32.1. The van der Waals surface area contributed by atoms with Gasteiger partial charge in [0, 0.05) is 17.8 Å². The van der Waals surface area contributed by atoms with Gasteiger partial charge in [0.2, 0.25) is 5.13 Å². The Bertz CT molecular complexity index is 737. The summed E-state index contributed by atoms with van der Waals surface area (Å²) in [5.74, 6) is 0.822. The van der Waals surface area contributed by atoms with Crippen molar-refractivity contribution in [3.05, 3.63) is 28.2 Å². The van der Waals surface area contributed by atoms with E-state index in [-0.39, 0.29) is 0 Å². The van der Waals surface area contributed by atoms with Crippen molar-refractivity contribution >= 4 is 34.4 Å². The van der Waals surface area contributed by atoms with Crippen molar-refractivity contribution in [2.24, 2.45) is 0 Å². The van der Waals surface area contributed by atoms with E-state index in [4.69, 9.17) is 17.0 Å². The molecule has 0 saturated heterocycles. The summed E-state index contributed by atoms with van der Waals surface area (Å²) in [5.41, 5.74) is 0.954. The number of methoxy groups -OCH3 is 1. The minimum atomic E-state index is 0.664. The Morgan fingerprint density at radius 2 is 2.16 bits per heavy atom. The van der Waals surface area contributed by atoms with Crippen LogP contribution in [0.3, 0.4) is 0 Å². The maximum atomic E-state index is 5.53. The lowest BCUT2D eigenvalue weighted by atomic mass is 9.94. The van der Waals surface area contributed by atoms with Crippen LogP contribution in [0.5, 0.6) is 5.75 Å². The molecule has 3 rings (SSSR count). The van der Waals surface area contributed by atoms with Crippen molar-refractivity contribution < 1.29 is 4.74 Å². The average molecular weight is 379 g/mol. The fraction of sp³-hybridized carbons (Fsp3) is 0.556. The molecule has 1 aromatic heterocycles. The summed E-state index contributed by atoms with van der Waals surface area (Å²) < 4.78 is 8.02. The molecule has 1 aromatic carbocycles. The summed E-state index contributed by atoms with van der Waals surface area (Å²) in [7, 11) is 1.67. The minimum Gasteiger partial charge on any atom is -0.497 e. The third-order valence-electron chi connectivity index (χ3n) is 4.74. The summed E-state index contributed by atoms with van der Waals surface area (Å²) >= 11 is 7.04. The fourth-order valence-electron chi connectivity index (χ4n) is 3.36. The zero-order valence-electron chi connectivity index (χ0n) is 14.9. The molecule has 0 spiro atoms. The van der Waals surface area contributed by atoms with Gasteiger partial charge in [0.05, 0.1) is 13.8 Å². The first-order chi connectivity index (χ1) is 12.2. The highest BCUT2D eigenvalue weighted by Crippen LogP contribution is 2.25. The lowest BCUT2D eigenvalue weighted by Gasteiger charge is -2.33. The topological polar surface area (TPSA) is 42.3 Å². The van der Waals surface area contributed by atoms with Crippen LogP contribution in [-0.2, 0) is 6.67 Å². The van der Waals surface area contributed by atoms with Gasteiger partial charge in [-0.05, 0) is 43.7 Å². The Morgan fingerprint density at radius 1 is 1.36 bits per heavy atom. The van der Waals surface area contributed by atoms with Crippen LogP contribution in [0, 0.1) is 3.95 Å². The van der Waals surface area contributed by atoms with E-state index in [1.807, 2.05) is 28.9 Å². The standard InChI is InChI=1S/C18H26N4OS2/c1-3-21(15-9-5-4-6-10-15)13-22-18(24)25-17(20-22)19-14-8-7-11-16(12-14)23-2/h7-8,11-12,15H,3-6,9-10,13H2,1-2H3,(H,19,20). The van der Waals surface area contributed by atoms with E-state index in [0.717, 1.165) is 33.7 Å². The lowest BCUT2D eigenvalue weighted by Crippen LogP contribution is -2.38. The summed E-state index contributed by atoms with van der Waals surface area (Å²) in [4.78, 5) is 2.50. The molecule has 1 aliphatic rings. The van der Waals surface area contributed by atoms with Crippen LogP contribution >= 0.6 is 23.6 Å². The molecule has 1 N–H and O–H groups in total. The first-order valence-electron chi connectivity index (χ1n) is 8.92. The Balaban J connectivity index is 1.69. The molecule has 1 saturated carbocycles. The van der Waals surface area contributed by atoms with Crippen molar-refractivity contribution in [1.29, 1.82) is 0 Å². The van der Waals surface area contributed by atoms with Crippen LogP contribution in [0.15, 0.2) is 24.3 Å². The molecule has 25 heavy (non-hydrogen) atoms. The summed E-state index contributed by atoms with van der Waals surface area (Å²) in [5, 5.41) is 8.83. The Labute approximate surface area is 158 Å². The van der Waals surface area contributed by atoms with Gasteiger partial charge in [-0.2, -0.15) is 0 Å². The molecular weight excluding hydrogens is 352 g/mol. The van der Waals surface area contributed by atoms with Gasteiger partial charge in [-0.3, -0.25) is 4.90 Å². The normalized spacial score (nSPS) is 15.5. The largest absolute Gasteiger partial charge is 0.497 e. The van der Waals surface area contributed by atoms with Gasteiger partial charge in [-0.1, -0.05) is 43.6 Å². The molecule has 0 unspecified atom stereocenters. The molecule has 2 aromatic rings. The molecule has 136 valence electrons. The first kappa shape index (κ1) is 18.4. The van der Waals surface area contributed by atoms with Crippen LogP contribution < -0.4 is 10.1 Å². The van der Waals surface area contributed by atoms with Crippen molar-refractivity contribution in [3.8, 4) is 5.75 Å². The molecule has 0 bridgehead atoms. The smallest absolute Gasteiger partial charge is 0.209 e. The molecule has 1 heterocycles. The van der Waals surface area contributed by atoms with Gasteiger partial charge in [-0.15, -0.1) is 5.10 Å². The lowest BCUT2D eigenvalue weighted by molar-refractivity contribution is 0.119. The second-order valence-corrected chi connectivity index (χ2v) is 7.99. The maximum Gasteiger partial charge on any atom is 0.209 e. The average Bonchev–Trinajstić information content (AvgIpc) is 2.99. The number of nitrogens with zero attached hydrogens (tertiary/aromatic N) is 3. The highest BCUT2D eigenvalue weighted by molar-refractivity contribution is 7.73. The number of anilines is 2.